The third-order valence-electron chi connectivity index (χ3n) is 5.49. The number of nitrogen functional groups attached to an aromatic ring is 1. The first-order chi connectivity index (χ1) is 14.1. The van der Waals surface area contributed by atoms with E-state index < -0.39 is 6.35 Å². The fourth-order valence-corrected chi connectivity index (χ4v) is 4.20. The van der Waals surface area contributed by atoms with E-state index in [4.69, 9.17) is 19.6 Å². The lowest BCUT2D eigenvalue weighted by atomic mass is 10.1. The number of aryl methyl sites for hydroxylation is 2. The van der Waals surface area contributed by atoms with E-state index in [-0.39, 0.29) is 6.04 Å². The molecule has 3 aromatic rings. The number of ether oxygens (including phenoxy) is 2. The minimum atomic E-state index is -0.466. The van der Waals surface area contributed by atoms with Crippen molar-refractivity contribution < 1.29 is 13.9 Å². The molecule has 0 bridgehead atoms. The van der Waals surface area contributed by atoms with Crippen LogP contribution in [-0.2, 0) is 17.8 Å². The van der Waals surface area contributed by atoms with Gasteiger partial charge in [-0.2, -0.15) is 0 Å². The first kappa shape index (κ1) is 18.0. The number of nitrogens with zero attached hydrogens (tertiary/aromatic N) is 3. The van der Waals surface area contributed by atoms with Gasteiger partial charge in [-0.05, 0) is 42.7 Å². The smallest absolute Gasteiger partial charge is 0.326 e. The highest BCUT2D eigenvalue weighted by molar-refractivity contribution is 5.66. The molecule has 0 saturated carbocycles. The standard InChI is InChI=1S/C21H23N5O3/c1-12-24-25-21(29-12)26-17-9-7-15(22)10-14(17)11-28-20(26)23-16-8-6-13-4-3-5-18(27-2)19(13)16/h3-5,7,9-10,16,20,23H,6,8,11,22H2,1-2H3. The molecular weight excluding hydrogens is 370 g/mol. The Morgan fingerprint density at radius 1 is 1.21 bits per heavy atom. The third-order valence-corrected chi connectivity index (χ3v) is 5.49. The molecular formula is C21H23N5O3. The number of nitrogens with two attached hydrogens (primary N) is 1. The van der Waals surface area contributed by atoms with Gasteiger partial charge in [-0.25, -0.2) is 0 Å². The maximum atomic E-state index is 6.18. The van der Waals surface area contributed by atoms with Crippen LogP contribution in [0.3, 0.4) is 0 Å². The van der Waals surface area contributed by atoms with Gasteiger partial charge in [0.15, 0.2) is 6.35 Å². The number of nitrogens with one attached hydrogen (secondary N) is 1. The zero-order valence-electron chi connectivity index (χ0n) is 16.4. The second-order valence-electron chi connectivity index (χ2n) is 7.32. The summed E-state index contributed by atoms with van der Waals surface area (Å²) in [7, 11) is 1.70. The average Bonchev–Trinajstić information content (AvgIpc) is 3.34. The van der Waals surface area contributed by atoms with Crippen molar-refractivity contribution in [1.29, 1.82) is 0 Å². The van der Waals surface area contributed by atoms with Crippen LogP contribution in [-0.4, -0.2) is 23.7 Å². The highest BCUT2D eigenvalue weighted by Gasteiger charge is 2.36. The highest BCUT2D eigenvalue weighted by atomic mass is 16.5. The second-order valence-corrected chi connectivity index (χ2v) is 7.32. The first-order valence-corrected chi connectivity index (χ1v) is 9.65. The lowest BCUT2D eigenvalue weighted by Gasteiger charge is -2.37. The van der Waals surface area contributed by atoms with Gasteiger partial charge in [0.25, 0.3) is 0 Å². The normalized spacial score (nSPS) is 20.4. The van der Waals surface area contributed by atoms with Gasteiger partial charge in [0.05, 0.1) is 19.4 Å². The molecule has 2 unspecified atom stereocenters. The molecule has 0 fully saturated rings. The minimum absolute atomic E-state index is 0.0907. The molecule has 0 amide bonds. The Kier molecular flexibility index (Phi) is 4.37. The van der Waals surface area contributed by atoms with Crippen LogP contribution in [0.5, 0.6) is 5.75 Å². The predicted octanol–water partition coefficient (Wildman–Crippen LogP) is 3.20. The molecule has 29 heavy (non-hydrogen) atoms. The van der Waals surface area contributed by atoms with Crippen LogP contribution < -0.4 is 20.7 Å². The van der Waals surface area contributed by atoms with Crippen molar-refractivity contribution in [2.75, 3.05) is 17.7 Å². The Balaban J connectivity index is 1.51. The molecule has 1 aliphatic carbocycles. The van der Waals surface area contributed by atoms with Gasteiger partial charge >= 0.3 is 6.01 Å². The van der Waals surface area contributed by atoms with Gasteiger partial charge in [0.2, 0.25) is 5.89 Å². The van der Waals surface area contributed by atoms with Crippen LogP contribution >= 0.6 is 0 Å². The molecule has 150 valence electrons. The monoisotopic (exact) mass is 393 g/mol. The Hall–Kier alpha value is -3.10. The van der Waals surface area contributed by atoms with E-state index >= 15 is 0 Å². The molecule has 5 rings (SSSR count). The summed E-state index contributed by atoms with van der Waals surface area (Å²) in [6, 6.07) is 12.4. The van der Waals surface area contributed by atoms with Gasteiger partial charge in [0, 0.05) is 29.8 Å². The number of benzene rings is 2. The number of anilines is 3. The minimum Gasteiger partial charge on any atom is -0.496 e. The summed E-state index contributed by atoms with van der Waals surface area (Å²) in [6.07, 6.45) is 1.48. The Labute approximate surface area is 168 Å². The van der Waals surface area contributed by atoms with E-state index in [1.165, 1.54) is 11.1 Å². The number of fused-ring (bicyclic) bond motifs is 2. The Morgan fingerprint density at radius 2 is 2.10 bits per heavy atom. The molecule has 2 atom stereocenters. The first-order valence-electron chi connectivity index (χ1n) is 9.65. The molecule has 8 heteroatoms. The van der Waals surface area contributed by atoms with Crippen molar-refractivity contribution in [3.63, 3.8) is 0 Å². The molecule has 1 aromatic heterocycles. The zero-order valence-corrected chi connectivity index (χ0v) is 16.4. The molecule has 2 aliphatic rings. The number of hydrogen-bond acceptors (Lipinski definition) is 8. The molecule has 8 nitrogen and oxygen atoms in total. The summed E-state index contributed by atoms with van der Waals surface area (Å²) in [4.78, 5) is 1.89. The van der Waals surface area contributed by atoms with Crippen molar-refractivity contribution in [2.24, 2.45) is 0 Å². The summed E-state index contributed by atoms with van der Waals surface area (Å²) in [5, 5.41) is 11.8. The predicted molar refractivity (Wildman–Crippen MR) is 108 cm³/mol. The summed E-state index contributed by atoms with van der Waals surface area (Å²) in [5.41, 5.74) is 11.0. The van der Waals surface area contributed by atoms with Gasteiger partial charge in [-0.1, -0.05) is 17.2 Å². The van der Waals surface area contributed by atoms with Crippen molar-refractivity contribution in [3.05, 3.63) is 59.0 Å². The summed E-state index contributed by atoms with van der Waals surface area (Å²) >= 11 is 0. The van der Waals surface area contributed by atoms with Crippen LogP contribution in [0.2, 0.25) is 0 Å². The third kappa shape index (κ3) is 3.10. The highest BCUT2D eigenvalue weighted by Crippen LogP contribution is 2.41. The summed E-state index contributed by atoms with van der Waals surface area (Å²) < 4.78 is 17.5. The molecule has 2 aromatic carbocycles. The van der Waals surface area contributed by atoms with Crippen LogP contribution in [0.1, 0.15) is 35.0 Å². The van der Waals surface area contributed by atoms with Crippen LogP contribution in [0.4, 0.5) is 17.4 Å². The lowest BCUT2D eigenvalue weighted by Crippen LogP contribution is -2.49. The molecule has 0 radical (unpaired) electrons. The molecule has 1 aliphatic heterocycles. The summed E-state index contributed by atoms with van der Waals surface area (Å²) in [5.74, 6) is 1.39. The van der Waals surface area contributed by atoms with Crippen molar-refractivity contribution in [2.45, 2.75) is 38.8 Å². The van der Waals surface area contributed by atoms with E-state index in [1.807, 2.05) is 35.2 Å². The molecule has 0 spiro atoms. The second kappa shape index (κ2) is 7.06. The van der Waals surface area contributed by atoms with Crippen molar-refractivity contribution in [1.82, 2.24) is 15.5 Å². The maximum Gasteiger partial charge on any atom is 0.326 e. The number of hydrogen-bond donors (Lipinski definition) is 2. The topological polar surface area (TPSA) is 98.7 Å². The van der Waals surface area contributed by atoms with Gasteiger partial charge in [-0.3, -0.25) is 10.2 Å². The molecule has 2 heterocycles. The van der Waals surface area contributed by atoms with Crippen LogP contribution in [0.15, 0.2) is 40.8 Å². The quantitative estimate of drug-likeness (QED) is 0.652. The van der Waals surface area contributed by atoms with E-state index in [9.17, 15) is 0 Å². The SMILES string of the molecule is COc1cccc2c1C(NC1OCc3cc(N)ccc3N1c1nnc(C)o1)CC2. The Morgan fingerprint density at radius 3 is 2.90 bits per heavy atom. The Bertz CT molecular complexity index is 1050. The average molecular weight is 393 g/mol. The van der Waals surface area contributed by atoms with Crippen LogP contribution in [0, 0.1) is 6.92 Å². The van der Waals surface area contributed by atoms with E-state index in [0.29, 0.717) is 24.2 Å². The van der Waals surface area contributed by atoms with Gasteiger partial charge in [-0.15, -0.1) is 5.10 Å². The molecule has 0 saturated heterocycles. The number of methoxy groups -OCH3 is 1. The number of aromatic nitrogens is 2. The van der Waals surface area contributed by atoms with Crippen LogP contribution in [0.25, 0.3) is 0 Å². The fraction of sp³-hybridized carbons (Fsp3) is 0.333. The van der Waals surface area contributed by atoms with E-state index in [1.54, 1.807) is 14.0 Å². The van der Waals surface area contributed by atoms with E-state index in [0.717, 1.165) is 29.8 Å². The fourth-order valence-electron chi connectivity index (χ4n) is 4.20. The maximum absolute atomic E-state index is 6.18. The number of rotatable bonds is 4. The van der Waals surface area contributed by atoms with E-state index in [2.05, 4.69) is 21.6 Å². The van der Waals surface area contributed by atoms with Gasteiger partial charge < -0.3 is 19.6 Å². The summed E-state index contributed by atoms with van der Waals surface area (Å²) in [6.45, 7) is 2.21. The largest absolute Gasteiger partial charge is 0.496 e. The van der Waals surface area contributed by atoms with Crippen molar-refractivity contribution >= 4 is 17.4 Å². The van der Waals surface area contributed by atoms with Gasteiger partial charge in [0.1, 0.15) is 5.75 Å². The lowest BCUT2D eigenvalue weighted by molar-refractivity contribution is 0.00273. The van der Waals surface area contributed by atoms with Crippen molar-refractivity contribution in [3.8, 4) is 5.75 Å². The molecule has 3 N–H and O–H groups in total. The zero-order chi connectivity index (χ0) is 20.0.